The molecular weight excluding hydrogens is 253 g/mol. The zero-order valence-corrected chi connectivity index (χ0v) is 12.7. The Hall–Kier alpha value is -0.930. The summed E-state index contributed by atoms with van der Waals surface area (Å²) < 4.78 is 19.5. The topological polar surface area (TPSA) is 21.3 Å². The second-order valence-corrected chi connectivity index (χ2v) is 6.94. The van der Waals surface area contributed by atoms with Gasteiger partial charge >= 0.3 is 0 Å². The zero-order chi connectivity index (χ0) is 14.5. The zero-order valence-electron chi connectivity index (χ0n) is 12.7. The summed E-state index contributed by atoms with van der Waals surface area (Å²) in [6.45, 7) is 9.32. The average Bonchev–Trinajstić information content (AvgIpc) is 2.85. The maximum absolute atomic E-state index is 13.7. The van der Waals surface area contributed by atoms with E-state index in [1.807, 2.05) is 12.1 Å². The van der Waals surface area contributed by atoms with Gasteiger partial charge in [-0.3, -0.25) is 0 Å². The molecule has 1 aliphatic heterocycles. The van der Waals surface area contributed by atoms with Gasteiger partial charge in [0.25, 0.3) is 0 Å². The molecule has 3 heteroatoms. The van der Waals surface area contributed by atoms with E-state index in [1.54, 1.807) is 13.0 Å². The van der Waals surface area contributed by atoms with Gasteiger partial charge in [-0.25, -0.2) is 4.39 Å². The monoisotopic (exact) mass is 277 g/mol. The van der Waals surface area contributed by atoms with E-state index in [0.717, 1.165) is 18.6 Å². The molecule has 0 spiro atoms. The minimum Gasteiger partial charge on any atom is -0.377 e. The Morgan fingerprint density at radius 1 is 1.40 bits per heavy atom. The number of aryl methyl sites for hydroxylation is 1. The molecule has 0 bridgehead atoms. The molecule has 3 rings (SSSR count). The lowest BCUT2D eigenvalue weighted by molar-refractivity contribution is -0.115. The molecular formula is C17H24FNO. The predicted octanol–water partition coefficient (Wildman–Crippen LogP) is 3.60. The molecule has 1 aliphatic carbocycles. The van der Waals surface area contributed by atoms with E-state index in [1.165, 1.54) is 0 Å². The summed E-state index contributed by atoms with van der Waals surface area (Å²) in [5.74, 6) is 0.494. The Labute approximate surface area is 120 Å². The lowest BCUT2D eigenvalue weighted by Crippen LogP contribution is -2.66. The van der Waals surface area contributed by atoms with Gasteiger partial charge in [-0.05, 0) is 37.5 Å². The van der Waals surface area contributed by atoms with Gasteiger partial charge < -0.3 is 10.1 Å². The molecule has 1 N–H and O–H groups in total. The van der Waals surface area contributed by atoms with Gasteiger partial charge in [0.15, 0.2) is 0 Å². The molecule has 4 atom stereocenters. The van der Waals surface area contributed by atoms with Gasteiger partial charge in [0.2, 0.25) is 0 Å². The van der Waals surface area contributed by atoms with Crippen LogP contribution in [0.1, 0.15) is 44.4 Å². The Bertz CT molecular complexity index is 514. The maximum atomic E-state index is 13.7. The molecule has 2 nitrogen and oxygen atoms in total. The first-order valence-corrected chi connectivity index (χ1v) is 7.55. The van der Waals surface area contributed by atoms with Crippen LogP contribution in [0.3, 0.4) is 0 Å². The number of halogens is 1. The average molecular weight is 277 g/mol. The Morgan fingerprint density at radius 3 is 2.85 bits per heavy atom. The summed E-state index contributed by atoms with van der Waals surface area (Å²) in [7, 11) is 0. The third-order valence-corrected chi connectivity index (χ3v) is 5.23. The summed E-state index contributed by atoms with van der Waals surface area (Å²) in [5.41, 5.74) is 1.89. The molecule has 0 amide bonds. The van der Waals surface area contributed by atoms with Crippen molar-refractivity contribution in [2.75, 3.05) is 6.61 Å². The lowest BCUT2D eigenvalue weighted by atomic mass is 9.57. The first-order valence-electron chi connectivity index (χ1n) is 7.55. The van der Waals surface area contributed by atoms with Crippen LogP contribution in [0.25, 0.3) is 0 Å². The molecule has 1 saturated heterocycles. The van der Waals surface area contributed by atoms with Crippen LogP contribution in [0, 0.1) is 24.1 Å². The summed E-state index contributed by atoms with van der Waals surface area (Å²) in [4.78, 5) is 0. The highest BCUT2D eigenvalue weighted by Gasteiger charge is 2.59. The third kappa shape index (κ3) is 2.08. The van der Waals surface area contributed by atoms with Crippen LogP contribution in [0.5, 0.6) is 0 Å². The van der Waals surface area contributed by atoms with Gasteiger partial charge in [0.05, 0.1) is 6.10 Å². The molecule has 2 aliphatic rings. The van der Waals surface area contributed by atoms with Crippen molar-refractivity contribution in [3.05, 3.63) is 35.1 Å². The standard InChI is InChI=1S/C17H24FNO/c1-10-5-6-12(9-14(10)18)11(2)19-15-13-7-8-20-16(13)17(15,3)4/h5-6,9,11,13,15-16,19H,7-8H2,1-4H3. The minimum absolute atomic E-state index is 0.119. The highest BCUT2D eigenvalue weighted by atomic mass is 19.1. The smallest absolute Gasteiger partial charge is 0.126 e. The first-order chi connectivity index (χ1) is 9.41. The van der Waals surface area contributed by atoms with Gasteiger partial charge in [0.1, 0.15) is 5.82 Å². The Balaban J connectivity index is 1.72. The fraction of sp³-hybridized carbons (Fsp3) is 0.647. The van der Waals surface area contributed by atoms with Crippen molar-refractivity contribution in [2.45, 2.75) is 52.3 Å². The fourth-order valence-electron chi connectivity index (χ4n) is 3.91. The van der Waals surface area contributed by atoms with Crippen molar-refractivity contribution in [2.24, 2.45) is 11.3 Å². The van der Waals surface area contributed by atoms with Gasteiger partial charge in [-0.1, -0.05) is 26.0 Å². The molecule has 1 saturated carbocycles. The van der Waals surface area contributed by atoms with Crippen LogP contribution in [0.4, 0.5) is 4.39 Å². The largest absolute Gasteiger partial charge is 0.377 e. The number of benzene rings is 1. The first kappa shape index (κ1) is 14.0. The van der Waals surface area contributed by atoms with E-state index in [0.29, 0.717) is 23.6 Å². The van der Waals surface area contributed by atoms with E-state index >= 15 is 0 Å². The number of nitrogens with one attached hydrogen (secondary N) is 1. The molecule has 4 unspecified atom stereocenters. The normalized spacial score (nSPS) is 32.5. The molecule has 0 aromatic heterocycles. The third-order valence-electron chi connectivity index (χ3n) is 5.23. The quantitative estimate of drug-likeness (QED) is 0.911. The number of rotatable bonds is 3. The molecule has 110 valence electrons. The Kier molecular flexibility index (Phi) is 3.38. The van der Waals surface area contributed by atoms with E-state index < -0.39 is 0 Å². The second-order valence-electron chi connectivity index (χ2n) is 6.94. The summed E-state index contributed by atoms with van der Waals surface area (Å²) >= 11 is 0. The van der Waals surface area contributed by atoms with E-state index in [4.69, 9.17) is 4.74 Å². The van der Waals surface area contributed by atoms with Crippen LogP contribution in [-0.4, -0.2) is 18.8 Å². The highest BCUT2D eigenvalue weighted by molar-refractivity contribution is 5.26. The SMILES string of the molecule is Cc1ccc(C(C)NC2C3CCOC3C2(C)C)cc1F. The van der Waals surface area contributed by atoms with Crippen molar-refractivity contribution in [3.63, 3.8) is 0 Å². The van der Waals surface area contributed by atoms with Crippen molar-refractivity contribution < 1.29 is 9.13 Å². The fourth-order valence-corrected chi connectivity index (χ4v) is 3.91. The van der Waals surface area contributed by atoms with Crippen molar-refractivity contribution in [1.82, 2.24) is 5.32 Å². The van der Waals surface area contributed by atoms with E-state index in [2.05, 4.69) is 26.1 Å². The molecule has 1 aromatic rings. The molecule has 0 radical (unpaired) electrons. The van der Waals surface area contributed by atoms with E-state index in [9.17, 15) is 4.39 Å². The van der Waals surface area contributed by atoms with Crippen molar-refractivity contribution in [3.8, 4) is 0 Å². The highest BCUT2D eigenvalue weighted by Crippen LogP contribution is 2.52. The van der Waals surface area contributed by atoms with E-state index in [-0.39, 0.29) is 17.3 Å². The maximum Gasteiger partial charge on any atom is 0.126 e. The van der Waals surface area contributed by atoms with Crippen LogP contribution in [0.15, 0.2) is 18.2 Å². The number of hydrogen-bond donors (Lipinski definition) is 1. The number of hydrogen-bond acceptors (Lipinski definition) is 2. The van der Waals surface area contributed by atoms with Crippen LogP contribution >= 0.6 is 0 Å². The summed E-state index contributed by atoms with van der Waals surface area (Å²) in [5, 5.41) is 3.69. The van der Waals surface area contributed by atoms with Crippen LogP contribution < -0.4 is 5.32 Å². The second kappa shape index (κ2) is 4.81. The van der Waals surface area contributed by atoms with Crippen LogP contribution in [-0.2, 0) is 4.74 Å². The summed E-state index contributed by atoms with van der Waals surface area (Å²) in [6, 6.07) is 6.15. The Morgan fingerprint density at radius 2 is 2.15 bits per heavy atom. The minimum atomic E-state index is -0.119. The van der Waals surface area contributed by atoms with Crippen molar-refractivity contribution in [1.29, 1.82) is 0 Å². The number of fused-ring (bicyclic) bond motifs is 1. The molecule has 1 aromatic carbocycles. The summed E-state index contributed by atoms with van der Waals surface area (Å²) in [6.07, 6.45) is 1.53. The predicted molar refractivity (Wildman–Crippen MR) is 78.1 cm³/mol. The lowest BCUT2D eigenvalue weighted by Gasteiger charge is -2.55. The van der Waals surface area contributed by atoms with Gasteiger partial charge in [-0.2, -0.15) is 0 Å². The molecule has 20 heavy (non-hydrogen) atoms. The van der Waals surface area contributed by atoms with Crippen LogP contribution in [0.2, 0.25) is 0 Å². The number of ether oxygens (including phenoxy) is 1. The van der Waals surface area contributed by atoms with Gasteiger partial charge in [-0.15, -0.1) is 0 Å². The molecule has 1 heterocycles. The van der Waals surface area contributed by atoms with Crippen molar-refractivity contribution >= 4 is 0 Å². The van der Waals surface area contributed by atoms with Gasteiger partial charge in [0, 0.05) is 30.0 Å². The molecule has 2 fully saturated rings.